The van der Waals surface area contributed by atoms with Gasteiger partial charge in [0, 0.05) is 5.92 Å². The van der Waals surface area contributed by atoms with E-state index in [1.807, 2.05) is 6.92 Å². The van der Waals surface area contributed by atoms with E-state index in [4.69, 9.17) is 0 Å². The maximum atomic E-state index is 13.5. The molecular weight excluding hydrogens is 316 g/mol. The van der Waals surface area contributed by atoms with Gasteiger partial charge >= 0.3 is 0 Å². The summed E-state index contributed by atoms with van der Waals surface area (Å²) in [5.41, 5.74) is -1.76. The third-order valence-electron chi connectivity index (χ3n) is 7.19. The Morgan fingerprint density at radius 1 is 1.20 bits per heavy atom. The maximum absolute atomic E-state index is 13.5. The number of allylic oxidation sites excluding steroid dienone is 3. The van der Waals surface area contributed by atoms with Crippen LogP contribution in [0.3, 0.4) is 0 Å². The van der Waals surface area contributed by atoms with E-state index in [9.17, 15) is 19.5 Å². The minimum atomic E-state index is -1.19. The normalized spacial score (nSPS) is 39.2. The number of aliphatic hydroxyl groups is 1. The van der Waals surface area contributed by atoms with E-state index < -0.39 is 22.5 Å². The van der Waals surface area contributed by atoms with E-state index in [1.165, 1.54) is 0 Å². The van der Waals surface area contributed by atoms with Gasteiger partial charge in [0.25, 0.3) is 0 Å². The SMILES string of the molecule is C=C(C)[C@H]1C[C@@]23C(=O)C(C(=O)C(C)C)=C(O)[C@](C)(C[C@H]2C1(C)C)C3=O. The fraction of sp³-hybridized carbons (Fsp3) is 0.667. The van der Waals surface area contributed by atoms with Crippen LogP contribution in [0.25, 0.3) is 0 Å². The van der Waals surface area contributed by atoms with E-state index in [0.29, 0.717) is 12.8 Å². The number of hydrogen-bond donors (Lipinski definition) is 1. The largest absolute Gasteiger partial charge is 0.510 e. The van der Waals surface area contributed by atoms with Gasteiger partial charge in [-0.1, -0.05) is 39.8 Å². The van der Waals surface area contributed by atoms with Crippen LogP contribution in [0.4, 0.5) is 0 Å². The van der Waals surface area contributed by atoms with Crippen LogP contribution >= 0.6 is 0 Å². The number of carbonyl (C=O) groups excluding carboxylic acids is 3. The lowest BCUT2D eigenvalue weighted by molar-refractivity contribution is -0.144. The van der Waals surface area contributed by atoms with Crippen molar-refractivity contribution in [1.29, 1.82) is 0 Å². The van der Waals surface area contributed by atoms with Crippen molar-refractivity contribution in [2.45, 2.75) is 54.4 Å². The van der Waals surface area contributed by atoms with Gasteiger partial charge in [-0.25, -0.2) is 0 Å². The molecule has 3 aliphatic rings. The number of hydrogen-bond acceptors (Lipinski definition) is 4. The Bertz CT molecular complexity index is 754. The molecule has 0 heterocycles. The summed E-state index contributed by atoms with van der Waals surface area (Å²) < 4.78 is 0. The van der Waals surface area contributed by atoms with Gasteiger partial charge in [0.1, 0.15) is 11.3 Å². The molecule has 1 spiro atoms. The highest BCUT2D eigenvalue weighted by atomic mass is 16.3. The summed E-state index contributed by atoms with van der Waals surface area (Å²) in [5, 5.41) is 10.8. The first-order valence-electron chi connectivity index (χ1n) is 9.06. The van der Waals surface area contributed by atoms with Crippen molar-refractivity contribution in [3.63, 3.8) is 0 Å². The molecule has 0 aliphatic heterocycles. The van der Waals surface area contributed by atoms with Crippen LogP contribution in [0.1, 0.15) is 54.4 Å². The molecule has 2 saturated carbocycles. The number of rotatable bonds is 3. The molecule has 0 aromatic carbocycles. The van der Waals surface area contributed by atoms with Gasteiger partial charge in [-0.15, -0.1) is 0 Å². The fourth-order valence-corrected chi connectivity index (χ4v) is 5.78. The molecule has 2 fully saturated rings. The van der Waals surface area contributed by atoms with Crippen molar-refractivity contribution < 1.29 is 19.5 Å². The van der Waals surface area contributed by atoms with Crippen molar-refractivity contribution in [3.8, 4) is 0 Å². The van der Waals surface area contributed by atoms with Crippen LogP contribution in [0.5, 0.6) is 0 Å². The Morgan fingerprint density at radius 3 is 2.24 bits per heavy atom. The molecule has 136 valence electrons. The Balaban J connectivity index is 2.26. The van der Waals surface area contributed by atoms with E-state index in [-0.39, 0.29) is 40.1 Å². The van der Waals surface area contributed by atoms with Crippen molar-refractivity contribution in [3.05, 3.63) is 23.5 Å². The van der Waals surface area contributed by atoms with E-state index in [1.54, 1.807) is 20.8 Å². The molecule has 4 nitrogen and oxygen atoms in total. The van der Waals surface area contributed by atoms with Gasteiger partial charge in [-0.3, -0.25) is 14.4 Å². The monoisotopic (exact) mass is 344 g/mol. The molecule has 0 unspecified atom stereocenters. The Morgan fingerprint density at radius 2 is 1.76 bits per heavy atom. The van der Waals surface area contributed by atoms with Crippen LogP contribution in [-0.4, -0.2) is 22.5 Å². The standard InChI is InChI=1S/C21H28O4/c1-10(2)12-8-21-13(19(12,5)6)9-20(7,18(21)25)16(23)14(17(21)24)15(22)11(3)4/h11-13,23H,1,8-9H2,2-7H3/t12-,13+,20+,21+/m1/s1. The Kier molecular flexibility index (Phi) is 3.56. The Hall–Kier alpha value is -1.71. The molecular formula is C21H28O4. The van der Waals surface area contributed by atoms with Crippen LogP contribution in [0.15, 0.2) is 23.5 Å². The van der Waals surface area contributed by atoms with Crippen molar-refractivity contribution in [2.75, 3.05) is 0 Å². The van der Waals surface area contributed by atoms with Crippen molar-refractivity contribution in [2.24, 2.45) is 34.0 Å². The molecule has 3 rings (SSSR count). The molecule has 25 heavy (non-hydrogen) atoms. The lowest BCUT2D eigenvalue weighted by Crippen LogP contribution is -2.49. The number of ketones is 3. The molecule has 4 heteroatoms. The summed E-state index contributed by atoms with van der Waals surface area (Å²) in [5.74, 6) is -1.87. The van der Waals surface area contributed by atoms with Gasteiger partial charge in [-0.2, -0.15) is 0 Å². The summed E-state index contributed by atoms with van der Waals surface area (Å²) in [6.07, 6.45) is 0.810. The van der Waals surface area contributed by atoms with E-state index in [2.05, 4.69) is 20.4 Å². The minimum Gasteiger partial charge on any atom is -0.510 e. The van der Waals surface area contributed by atoms with Crippen molar-refractivity contribution in [1.82, 2.24) is 0 Å². The number of fused-ring (bicyclic) bond motifs is 1. The second-order valence-corrected chi connectivity index (χ2v) is 9.39. The third-order valence-corrected chi connectivity index (χ3v) is 7.19. The van der Waals surface area contributed by atoms with Crippen molar-refractivity contribution >= 4 is 17.3 Å². The van der Waals surface area contributed by atoms with Gasteiger partial charge in [0.15, 0.2) is 17.3 Å². The lowest BCUT2D eigenvalue weighted by atomic mass is 9.64. The quantitative estimate of drug-likeness (QED) is 0.480. The summed E-state index contributed by atoms with van der Waals surface area (Å²) in [7, 11) is 0. The van der Waals surface area contributed by atoms with E-state index >= 15 is 0 Å². The van der Waals surface area contributed by atoms with Gasteiger partial charge < -0.3 is 5.11 Å². The molecule has 2 bridgehead atoms. The van der Waals surface area contributed by atoms with Gasteiger partial charge in [0.05, 0.1) is 10.8 Å². The first-order chi connectivity index (χ1) is 11.3. The summed E-state index contributed by atoms with van der Waals surface area (Å²) >= 11 is 0. The smallest absolute Gasteiger partial charge is 0.183 e. The lowest BCUT2D eigenvalue weighted by Gasteiger charge is -2.35. The topological polar surface area (TPSA) is 71.4 Å². The minimum absolute atomic E-state index is 0.0468. The van der Waals surface area contributed by atoms with E-state index in [0.717, 1.165) is 5.57 Å². The highest BCUT2D eigenvalue weighted by Crippen LogP contribution is 2.71. The van der Waals surface area contributed by atoms with Gasteiger partial charge in [-0.05, 0) is 43.9 Å². The molecule has 0 amide bonds. The highest BCUT2D eigenvalue weighted by Gasteiger charge is 2.76. The first kappa shape index (κ1) is 18.1. The first-order valence-corrected chi connectivity index (χ1v) is 9.06. The predicted molar refractivity (Wildman–Crippen MR) is 94.9 cm³/mol. The van der Waals surface area contributed by atoms with Crippen LogP contribution in [0.2, 0.25) is 0 Å². The zero-order valence-corrected chi connectivity index (χ0v) is 16.0. The molecule has 0 radical (unpaired) electrons. The van der Waals surface area contributed by atoms with Gasteiger partial charge in [0.2, 0.25) is 0 Å². The Labute approximate surface area is 149 Å². The molecule has 1 N–H and O–H groups in total. The maximum Gasteiger partial charge on any atom is 0.183 e. The molecule has 0 aromatic heterocycles. The fourth-order valence-electron chi connectivity index (χ4n) is 5.78. The molecule has 4 atom stereocenters. The second kappa shape index (κ2) is 4.93. The predicted octanol–water partition coefficient (Wildman–Crippen LogP) is 3.81. The molecule has 0 saturated heterocycles. The third kappa shape index (κ3) is 1.86. The average molecular weight is 344 g/mol. The second-order valence-electron chi connectivity index (χ2n) is 9.39. The number of aliphatic hydroxyl groups excluding tert-OH is 1. The number of carbonyl (C=O) groups is 3. The number of Topliss-reactive ketones (excluding diaryl/α,β-unsaturated/α-hetero) is 3. The van der Waals surface area contributed by atoms with Crippen LogP contribution in [-0.2, 0) is 14.4 Å². The summed E-state index contributed by atoms with van der Waals surface area (Å²) in [4.78, 5) is 39.5. The zero-order valence-electron chi connectivity index (χ0n) is 16.0. The molecule has 0 aromatic rings. The highest BCUT2D eigenvalue weighted by molar-refractivity contribution is 6.32. The summed E-state index contributed by atoms with van der Waals surface area (Å²) in [6.45, 7) is 15.3. The molecule has 3 aliphatic carbocycles. The van der Waals surface area contributed by atoms with Crippen LogP contribution < -0.4 is 0 Å². The zero-order chi connectivity index (χ0) is 19.1. The average Bonchev–Trinajstić information content (AvgIpc) is 2.85. The van der Waals surface area contributed by atoms with Crippen LogP contribution in [0, 0.1) is 34.0 Å². The summed E-state index contributed by atoms with van der Waals surface area (Å²) in [6, 6.07) is 0.